The van der Waals surface area contributed by atoms with Gasteiger partial charge in [-0.15, -0.1) is 0 Å². The van der Waals surface area contributed by atoms with Crippen LogP contribution in [-0.4, -0.2) is 20.4 Å². The van der Waals surface area contributed by atoms with Crippen LogP contribution in [0.5, 0.6) is 0 Å². The molecule has 0 spiro atoms. The van der Waals surface area contributed by atoms with Gasteiger partial charge in [0.1, 0.15) is 0 Å². The number of rotatable bonds is 6. The van der Waals surface area contributed by atoms with Gasteiger partial charge < -0.3 is 5.32 Å². The average molecular weight is 395 g/mol. The first-order chi connectivity index (χ1) is 12.1. The van der Waals surface area contributed by atoms with Crippen molar-refractivity contribution in [3.05, 3.63) is 58.6 Å². The summed E-state index contributed by atoms with van der Waals surface area (Å²) in [6.07, 6.45) is 0. The van der Waals surface area contributed by atoms with E-state index in [9.17, 15) is 13.2 Å². The molecule has 0 aromatic heterocycles. The minimum Gasteiger partial charge on any atom is -0.349 e. The van der Waals surface area contributed by atoms with Gasteiger partial charge in [-0.2, -0.15) is 0 Å². The molecular weight excluding hydrogens is 372 g/mol. The standard InChI is InChI=1S/C19H23ClN2O3S/c1-12(2)14(4)21-19(23)17-11-16(8-9-18(17)20)26(24,25)22-15-7-5-6-13(3)10-15/h5-12,14,22H,1-4H3,(H,21,23). The van der Waals surface area contributed by atoms with E-state index in [0.717, 1.165) is 5.56 Å². The Morgan fingerprint density at radius 3 is 2.38 bits per heavy atom. The molecule has 5 nitrogen and oxygen atoms in total. The molecule has 2 aromatic carbocycles. The first kappa shape index (κ1) is 20.3. The van der Waals surface area contributed by atoms with E-state index in [1.165, 1.54) is 18.2 Å². The first-order valence-corrected chi connectivity index (χ1v) is 10.2. The van der Waals surface area contributed by atoms with Gasteiger partial charge >= 0.3 is 0 Å². The fourth-order valence-electron chi connectivity index (χ4n) is 2.22. The molecule has 0 heterocycles. The summed E-state index contributed by atoms with van der Waals surface area (Å²) in [7, 11) is -3.84. The summed E-state index contributed by atoms with van der Waals surface area (Å²) in [5, 5.41) is 3.04. The summed E-state index contributed by atoms with van der Waals surface area (Å²) in [6.45, 7) is 7.73. The highest BCUT2D eigenvalue weighted by atomic mass is 35.5. The van der Waals surface area contributed by atoms with Crippen LogP contribution in [0.25, 0.3) is 0 Å². The number of nitrogens with one attached hydrogen (secondary N) is 2. The van der Waals surface area contributed by atoms with E-state index in [1.54, 1.807) is 18.2 Å². The van der Waals surface area contributed by atoms with E-state index in [-0.39, 0.29) is 27.4 Å². The van der Waals surface area contributed by atoms with Gasteiger partial charge in [-0.05, 0) is 55.7 Å². The average Bonchev–Trinajstić information content (AvgIpc) is 2.54. The van der Waals surface area contributed by atoms with E-state index in [4.69, 9.17) is 11.6 Å². The zero-order valence-corrected chi connectivity index (χ0v) is 16.8. The van der Waals surface area contributed by atoms with Crippen LogP contribution in [-0.2, 0) is 10.0 Å². The third-order valence-electron chi connectivity index (χ3n) is 4.12. The Bertz CT molecular complexity index is 911. The van der Waals surface area contributed by atoms with Gasteiger partial charge in [-0.25, -0.2) is 8.42 Å². The van der Waals surface area contributed by atoms with E-state index in [0.29, 0.717) is 5.69 Å². The molecule has 0 saturated carbocycles. The molecule has 1 atom stereocenters. The van der Waals surface area contributed by atoms with Crippen molar-refractivity contribution in [1.82, 2.24) is 5.32 Å². The molecular formula is C19H23ClN2O3S. The van der Waals surface area contributed by atoms with E-state index in [1.807, 2.05) is 33.8 Å². The maximum absolute atomic E-state index is 12.6. The van der Waals surface area contributed by atoms with Gasteiger partial charge in [0.2, 0.25) is 0 Å². The monoisotopic (exact) mass is 394 g/mol. The summed E-state index contributed by atoms with van der Waals surface area (Å²) in [5.74, 6) is -0.156. The molecule has 7 heteroatoms. The highest BCUT2D eigenvalue weighted by Crippen LogP contribution is 2.23. The Hall–Kier alpha value is -2.05. The van der Waals surface area contributed by atoms with Gasteiger partial charge in [0.05, 0.1) is 15.5 Å². The van der Waals surface area contributed by atoms with Gasteiger partial charge in [-0.3, -0.25) is 9.52 Å². The summed E-state index contributed by atoms with van der Waals surface area (Å²) in [4.78, 5) is 12.4. The summed E-state index contributed by atoms with van der Waals surface area (Å²) < 4.78 is 27.8. The largest absolute Gasteiger partial charge is 0.349 e. The molecule has 0 aliphatic rings. The number of carbonyl (C=O) groups excluding carboxylic acids is 1. The van der Waals surface area contributed by atoms with Crippen LogP contribution in [0.4, 0.5) is 5.69 Å². The van der Waals surface area contributed by atoms with Crippen LogP contribution in [0.15, 0.2) is 47.4 Å². The molecule has 0 fully saturated rings. The second-order valence-electron chi connectivity index (χ2n) is 6.62. The quantitative estimate of drug-likeness (QED) is 0.770. The number of amides is 1. The zero-order valence-electron chi connectivity index (χ0n) is 15.2. The number of carbonyl (C=O) groups is 1. The van der Waals surface area contributed by atoms with Gasteiger partial charge in [0.25, 0.3) is 15.9 Å². The second kappa shape index (κ2) is 8.10. The first-order valence-electron chi connectivity index (χ1n) is 8.30. The Labute approximate surface area is 159 Å². The molecule has 0 aliphatic heterocycles. The lowest BCUT2D eigenvalue weighted by molar-refractivity contribution is 0.0930. The van der Waals surface area contributed by atoms with Crippen LogP contribution in [0.3, 0.4) is 0 Å². The Morgan fingerprint density at radius 2 is 1.77 bits per heavy atom. The van der Waals surface area contributed by atoms with Crippen molar-refractivity contribution >= 4 is 33.2 Å². The molecule has 140 valence electrons. The molecule has 0 radical (unpaired) electrons. The lowest BCUT2D eigenvalue weighted by Crippen LogP contribution is -2.36. The summed E-state index contributed by atoms with van der Waals surface area (Å²) >= 11 is 6.11. The zero-order chi connectivity index (χ0) is 19.5. The Balaban J connectivity index is 2.31. The molecule has 0 bridgehead atoms. The molecule has 2 rings (SSSR count). The summed E-state index contributed by atoms with van der Waals surface area (Å²) in [5.41, 5.74) is 1.52. The maximum Gasteiger partial charge on any atom is 0.261 e. The van der Waals surface area contributed by atoms with Crippen molar-refractivity contribution in [3.63, 3.8) is 0 Å². The number of hydrogen-bond acceptors (Lipinski definition) is 3. The smallest absolute Gasteiger partial charge is 0.261 e. The van der Waals surface area contributed by atoms with Crippen molar-refractivity contribution in [2.45, 2.75) is 38.6 Å². The maximum atomic E-state index is 12.6. The van der Waals surface area contributed by atoms with Crippen molar-refractivity contribution in [2.24, 2.45) is 5.92 Å². The van der Waals surface area contributed by atoms with Crippen molar-refractivity contribution < 1.29 is 13.2 Å². The Kier molecular flexibility index (Phi) is 6.31. The molecule has 26 heavy (non-hydrogen) atoms. The number of sulfonamides is 1. The van der Waals surface area contributed by atoms with Crippen LogP contribution >= 0.6 is 11.6 Å². The van der Waals surface area contributed by atoms with Gasteiger partial charge in [0, 0.05) is 11.7 Å². The number of aryl methyl sites for hydroxylation is 1. The number of benzene rings is 2. The van der Waals surface area contributed by atoms with Crippen molar-refractivity contribution in [1.29, 1.82) is 0 Å². The van der Waals surface area contributed by atoms with Crippen LogP contribution in [0.2, 0.25) is 5.02 Å². The highest BCUT2D eigenvalue weighted by Gasteiger charge is 2.20. The van der Waals surface area contributed by atoms with E-state index >= 15 is 0 Å². The molecule has 2 N–H and O–H groups in total. The van der Waals surface area contributed by atoms with Crippen LogP contribution < -0.4 is 10.0 Å². The lowest BCUT2D eigenvalue weighted by atomic mass is 10.1. The van der Waals surface area contributed by atoms with Gasteiger partial charge in [0.15, 0.2) is 0 Å². The molecule has 1 unspecified atom stereocenters. The topological polar surface area (TPSA) is 75.3 Å². The lowest BCUT2D eigenvalue weighted by Gasteiger charge is -2.18. The van der Waals surface area contributed by atoms with E-state index < -0.39 is 15.9 Å². The third kappa shape index (κ3) is 4.99. The fraction of sp³-hybridized carbons (Fsp3) is 0.316. The number of anilines is 1. The minimum atomic E-state index is -3.84. The summed E-state index contributed by atoms with van der Waals surface area (Å²) in [6, 6.07) is 11.1. The molecule has 2 aromatic rings. The minimum absolute atomic E-state index is 0.0224. The third-order valence-corrected chi connectivity index (χ3v) is 5.83. The van der Waals surface area contributed by atoms with Crippen LogP contribution in [0.1, 0.15) is 36.7 Å². The van der Waals surface area contributed by atoms with Gasteiger partial charge in [-0.1, -0.05) is 37.6 Å². The van der Waals surface area contributed by atoms with E-state index in [2.05, 4.69) is 10.0 Å². The number of hydrogen-bond donors (Lipinski definition) is 2. The predicted molar refractivity (Wildman–Crippen MR) is 105 cm³/mol. The van der Waals surface area contributed by atoms with Crippen LogP contribution in [0, 0.1) is 12.8 Å². The normalized spacial score (nSPS) is 12.7. The van der Waals surface area contributed by atoms with Crippen molar-refractivity contribution in [3.8, 4) is 0 Å². The second-order valence-corrected chi connectivity index (χ2v) is 8.71. The fourth-order valence-corrected chi connectivity index (χ4v) is 3.50. The highest BCUT2D eigenvalue weighted by molar-refractivity contribution is 7.92. The Morgan fingerprint density at radius 1 is 1.08 bits per heavy atom. The molecule has 1 amide bonds. The number of halogens is 1. The SMILES string of the molecule is Cc1cccc(NS(=O)(=O)c2ccc(Cl)c(C(=O)NC(C)C(C)C)c2)c1. The molecule has 0 aliphatic carbocycles. The van der Waals surface area contributed by atoms with Crippen molar-refractivity contribution in [2.75, 3.05) is 4.72 Å². The molecule has 0 saturated heterocycles. The predicted octanol–water partition coefficient (Wildman–Crippen LogP) is 4.22.